The van der Waals surface area contributed by atoms with Crippen LogP contribution >= 0.6 is 0 Å². The number of rotatable bonds is 6. The third-order valence-electron chi connectivity index (χ3n) is 3.33. The van der Waals surface area contributed by atoms with Crippen molar-refractivity contribution in [1.82, 2.24) is 0 Å². The van der Waals surface area contributed by atoms with Crippen molar-refractivity contribution in [3.8, 4) is 11.5 Å². The Balaban J connectivity index is 2.14. The van der Waals surface area contributed by atoms with E-state index in [9.17, 15) is 5.11 Å². The van der Waals surface area contributed by atoms with E-state index in [1.165, 1.54) is 7.11 Å². The van der Waals surface area contributed by atoms with Gasteiger partial charge in [0.1, 0.15) is 0 Å². The van der Waals surface area contributed by atoms with Crippen LogP contribution in [0.2, 0.25) is 0 Å². The topological polar surface area (TPSA) is 65.3 Å². The van der Waals surface area contributed by atoms with Gasteiger partial charge in [0.2, 0.25) is 0 Å². The van der Waals surface area contributed by atoms with Gasteiger partial charge in [-0.15, -0.1) is 0 Å². The lowest BCUT2D eigenvalue weighted by molar-refractivity contribution is 0.304. The molecular weight excluding hydrogens is 280 g/mol. The lowest BCUT2D eigenvalue weighted by atomic mass is 10.2. The van der Waals surface area contributed by atoms with Crippen molar-refractivity contribution in [2.45, 2.75) is 0 Å². The number of aliphatic imine (C=N–C) groups is 1. The summed E-state index contributed by atoms with van der Waals surface area (Å²) in [7, 11) is 3.43. The van der Waals surface area contributed by atoms with Gasteiger partial charge in [0, 0.05) is 31.1 Å². The number of anilines is 1. The van der Waals surface area contributed by atoms with Crippen molar-refractivity contribution in [3.05, 3.63) is 48.0 Å². The number of phenolic OH excluding ortho intramolecular Hbond substituents is 1. The second-order valence-electron chi connectivity index (χ2n) is 4.82. The molecule has 22 heavy (non-hydrogen) atoms. The third kappa shape index (κ3) is 3.77. The molecule has 2 rings (SSSR count). The Morgan fingerprint density at radius 2 is 1.91 bits per heavy atom. The molecule has 0 fully saturated rings. The molecular formula is C17H20N2O3. The van der Waals surface area contributed by atoms with E-state index in [1.807, 2.05) is 36.2 Å². The molecule has 116 valence electrons. The molecule has 0 spiro atoms. The van der Waals surface area contributed by atoms with Crippen LogP contribution in [0.1, 0.15) is 5.56 Å². The van der Waals surface area contributed by atoms with Crippen molar-refractivity contribution < 1.29 is 14.9 Å². The van der Waals surface area contributed by atoms with Crippen LogP contribution in [0.3, 0.4) is 0 Å². The van der Waals surface area contributed by atoms with Crippen LogP contribution in [0.25, 0.3) is 0 Å². The molecule has 0 unspecified atom stereocenters. The highest BCUT2D eigenvalue weighted by Gasteiger charge is 2.05. The quantitative estimate of drug-likeness (QED) is 0.805. The van der Waals surface area contributed by atoms with E-state index in [0.717, 1.165) is 11.4 Å². The number of nitrogens with zero attached hydrogens (tertiary/aromatic N) is 2. The Labute approximate surface area is 130 Å². The van der Waals surface area contributed by atoms with Crippen LogP contribution in [0.15, 0.2) is 47.5 Å². The zero-order valence-electron chi connectivity index (χ0n) is 12.7. The van der Waals surface area contributed by atoms with Gasteiger partial charge in [-0.3, -0.25) is 4.99 Å². The summed E-state index contributed by atoms with van der Waals surface area (Å²) in [5, 5.41) is 18.9. The number of phenols is 1. The first-order valence-corrected chi connectivity index (χ1v) is 6.98. The Kier molecular flexibility index (Phi) is 5.38. The fourth-order valence-corrected chi connectivity index (χ4v) is 2.02. The zero-order chi connectivity index (χ0) is 15.9. The highest BCUT2D eigenvalue weighted by molar-refractivity contribution is 5.86. The second-order valence-corrected chi connectivity index (χ2v) is 4.82. The molecule has 0 heterocycles. The number of methoxy groups -OCH3 is 1. The van der Waals surface area contributed by atoms with Gasteiger partial charge in [0.15, 0.2) is 11.5 Å². The molecule has 0 aliphatic heterocycles. The average molecular weight is 300 g/mol. The summed E-state index contributed by atoms with van der Waals surface area (Å²) in [6.45, 7) is 0.700. The molecule has 2 aromatic rings. The van der Waals surface area contributed by atoms with Gasteiger partial charge in [-0.1, -0.05) is 6.07 Å². The number of aromatic hydroxyl groups is 1. The number of aliphatic hydroxyl groups is 1. The van der Waals surface area contributed by atoms with Crippen molar-refractivity contribution in [2.75, 3.05) is 32.2 Å². The number of hydrogen-bond donors (Lipinski definition) is 2. The standard InChI is InChI=1S/C17H20N2O3/c1-19(10-11-20)15-8-6-14(7-9-15)18-12-13-4-3-5-16(22-2)17(13)21/h3-9,12,20-21H,10-11H2,1-2H3. The number of benzene rings is 2. The van der Waals surface area contributed by atoms with Crippen molar-refractivity contribution in [3.63, 3.8) is 0 Å². The molecule has 0 aromatic heterocycles. The third-order valence-corrected chi connectivity index (χ3v) is 3.33. The van der Waals surface area contributed by atoms with E-state index in [4.69, 9.17) is 9.84 Å². The summed E-state index contributed by atoms with van der Waals surface area (Å²) in [5.41, 5.74) is 2.39. The highest BCUT2D eigenvalue weighted by Crippen LogP contribution is 2.28. The molecule has 0 bridgehead atoms. The fourth-order valence-electron chi connectivity index (χ4n) is 2.02. The maximum Gasteiger partial charge on any atom is 0.166 e. The normalized spacial score (nSPS) is 10.9. The van der Waals surface area contributed by atoms with Crippen LogP contribution < -0.4 is 9.64 Å². The molecule has 0 atom stereocenters. The Bertz CT molecular complexity index is 639. The molecule has 0 saturated carbocycles. The van der Waals surface area contributed by atoms with Crippen molar-refractivity contribution >= 4 is 17.6 Å². The zero-order valence-corrected chi connectivity index (χ0v) is 12.7. The van der Waals surface area contributed by atoms with E-state index in [2.05, 4.69) is 4.99 Å². The van der Waals surface area contributed by atoms with E-state index >= 15 is 0 Å². The van der Waals surface area contributed by atoms with Crippen LogP contribution in [-0.2, 0) is 0 Å². The maximum atomic E-state index is 10.00. The smallest absolute Gasteiger partial charge is 0.166 e. The molecule has 0 aliphatic rings. The largest absolute Gasteiger partial charge is 0.504 e. The molecule has 0 radical (unpaired) electrons. The lowest BCUT2D eigenvalue weighted by Crippen LogP contribution is -2.20. The number of likely N-dealkylation sites (N-methyl/N-ethyl adjacent to an activating group) is 1. The maximum absolute atomic E-state index is 10.00. The number of ether oxygens (including phenoxy) is 1. The predicted octanol–water partition coefficient (Wildman–Crippen LogP) is 2.58. The molecule has 2 N–H and O–H groups in total. The van der Waals surface area contributed by atoms with Crippen molar-refractivity contribution in [2.24, 2.45) is 4.99 Å². The highest BCUT2D eigenvalue weighted by atomic mass is 16.5. The monoisotopic (exact) mass is 300 g/mol. The first-order valence-electron chi connectivity index (χ1n) is 6.98. The van der Waals surface area contributed by atoms with Crippen molar-refractivity contribution in [1.29, 1.82) is 0 Å². The minimum absolute atomic E-state index is 0.0769. The molecule has 5 heteroatoms. The van der Waals surface area contributed by atoms with Gasteiger partial charge in [-0.25, -0.2) is 0 Å². The van der Waals surface area contributed by atoms with Crippen LogP contribution in [0.5, 0.6) is 11.5 Å². The first kappa shape index (κ1) is 15.9. The SMILES string of the molecule is COc1cccc(C=Nc2ccc(N(C)CCO)cc2)c1O. The van der Waals surface area contributed by atoms with Crippen LogP contribution in [-0.4, -0.2) is 43.7 Å². The van der Waals surface area contributed by atoms with Crippen LogP contribution in [0, 0.1) is 0 Å². The Hall–Kier alpha value is -2.53. The van der Waals surface area contributed by atoms with Gasteiger partial charge in [-0.05, 0) is 36.4 Å². The predicted molar refractivity (Wildman–Crippen MR) is 88.7 cm³/mol. The summed E-state index contributed by atoms with van der Waals surface area (Å²) < 4.78 is 5.07. The van der Waals surface area contributed by atoms with E-state index < -0.39 is 0 Å². The number of hydrogen-bond acceptors (Lipinski definition) is 5. The Morgan fingerprint density at radius 1 is 1.18 bits per heavy atom. The van der Waals surface area contributed by atoms with E-state index in [-0.39, 0.29) is 12.4 Å². The van der Waals surface area contributed by atoms with E-state index in [0.29, 0.717) is 17.9 Å². The summed E-state index contributed by atoms with van der Waals surface area (Å²) in [5.74, 6) is 0.498. The molecule has 5 nitrogen and oxygen atoms in total. The van der Waals surface area contributed by atoms with E-state index in [1.54, 1.807) is 24.4 Å². The lowest BCUT2D eigenvalue weighted by Gasteiger charge is -2.17. The average Bonchev–Trinajstić information content (AvgIpc) is 2.54. The van der Waals surface area contributed by atoms with Gasteiger partial charge < -0.3 is 19.8 Å². The molecule has 0 aliphatic carbocycles. The van der Waals surface area contributed by atoms with Gasteiger partial charge in [-0.2, -0.15) is 0 Å². The summed E-state index contributed by atoms with van der Waals surface area (Å²) >= 11 is 0. The summed E-state index contributed by atoms with van der Waals surface area (Å²) in [4.78, 5) is 6.31. The van der Waals surface area contributed by atoms with Gasteiger partial charge >= 0.3 is 0 Å². The molecule has 2 aromatic carbocycles. The summed E-state index contributed by atoms with van der Waals surface area (Å²) in [6, 6.07) is 12.9. The first-order chi connectivity index (χ1) is 10.7. The van der Waals surface area contributed by atoms with Gasteiger partial charge in [0.25, 0.3) is 0 Å². The van der Waals surface area contributed by atoms with Crippen LogP contribution in [0.4, 0.5) is 11.4 Å². The molecule has 0 amide bonds. The minimum atomic E-state index is 0.0769. The summed E-state index contributed by atoms with van der Waals surface area (Å²) in [6.07, 6.45) is 1.60. The number of para-hydroxylation sites is 1. The fraction of sp³-hybridized carbons (Fsp3) is 0.235. The molecule has 0 saturated heterocycles. The second kappa shape index (κ2) is 7.47. The minimum Gasteiger partial charge on any atom is -0.504 e. The Morgan fingerprint density at radius 3 is 2.55 bits per heavy atom. The van der Waals surface area contributed by atoms with Gasteiger partial charge in [0.05, 0.1) is 19.4 Å². The number of aliphatic hydroxyl groups excluding tert-OH is 1.